The number of benzene rings is 1. The maximum Gasteiger partial charge on any atom is 0.408 e. The van der Waals surface area contributed by atoms with Crippen LogP contribution in [0.5, 0.6) is 0 Å². The Bertz CT molecular complexity index is 907. The van der Waals surface area contributed by atoms with Crippen LogP contribution in [0.25, 0.3) is 0 Å². The van der Waals surface area contributed by atoms with Crippen molar-refractivity contribution in [1.82, 2.24) is 15.5 Å². The van der Waals surface area contributed by atoms with Crippen molar-refractivity contribution in [2.45, 2.75) is 97.4 Å². The maximum atomic E-state index is 13.7. The summed E-state index contributed by atoms with van der Waals surface area (Å²) in [5.41, 5.74) is 0.784. The number of terminal acetylenes is 1. The lowest BCUT2D eigenvalue weighted by atomic mass is 9.93. The Morgan fingerprint density at radius 3 is 2.26 bits per heavy atom. The number of hydrogen-bond donors (Lipinski definition) is 2. The van der Waals surface area contributed by atoms with Gasteiger partial charge in [0.25, 0.3) is 5.91 Å². The van der Waals surface area contributed by atoms with Gasteiger partial charge >= 0.3 is 6.09 Å². The van der Waals surface area contributed by atoms with Crippen molar-refractivity contribution < 1.29 is 19.1 Å². The van der Waals surface area contributed by atoms with Crippen molar-refractivity contribution in [3.05, 3.63) is 35.4 Å². The quantitative estimate of drug-likeness (QED) is 0.456. The van der Waals surface area contributed by atoms with Crippen LogP contribution in [0.3, 0.4) is 0 Å². The van der Waals surface area contributed by atoms with Gasteiger partial charge in [0.15, 0.2) is 0 Å². The first-order valence-corrected chi connectivity index (χ1v) is 12.1. The second-order valence-corrected chi connectivity index (χ2v) is 10.3. The first kappa shape index (κ1) is 27.2. The monoisotopic (exact) mass is 469 g/mol. The molecule has 0 bridgehead atoms. The zero-order valence-electron chi connectivity index (χ0n) is 21.3. The van der Waals surface area contributed by atoms with Gasteiger partial charge in [-0.05, 0) is 57.6 Å². The van der Waals surface area contributed by atoms with Crippen molar-refractivity contribution in [3.8, 4) is 12.5 Å². The molecule has 186 valence electrons. The van der Waals surface area contributed by atoms with Crippen LogP contribution >= 0.6 is 0 Å². The van der Waals surface area contributed by atoms with Gasteiger partial charge in [0.2, 0.25) is 5.91 Å². The van der Waals surface area contributed by atoms with Crippen LogP contribution in [0.15, 0.2) is 24.3 Å². The first-order valence-electron chi connectivity index (χ1n) is 12.1. The van der Waals surface area contributed by atoms with Gasteiger partial charge in [0.05, 0.1) is 0 Å². The summed E-state index contributed by atoms with van der Waals surface area (Å²) in [7, 11) is 0. The first-order chi connectivity index (χ1) is 15.9. The fourth-order valence-corrected chi connectivity index (χ4v) is 4.18. The Morgan fingerprint density at radius 2 is 1.74 bits per heavy atom. The zero-order chi connectivity index (χ0) is 25.5. The third-order valence-electron chi connectivity index (χ3n) is 5.92. The average Bonchev–Trinajstić information content (AvgIpc) is 2.75. The van der Waals surface area contributed by atoms with E-state index < -0.39 is 29.7 Å². The Hall–Kier alpha value is -3.01. The summed E-state index contributed by atoms with van der Waals surface area (Å²) >= 11 is 0. The fraction of sp³-hybridized carbons (Fsp3) is 0.593. The number of ether oxygens (including phenoxy) is 1. The lowest BCUT2D eigenvalue weighted by Gasteiger charge is -2.33. The predicted octanol–water partition coefficient (Wildman–Crippen LogP) is 4.45. The largest absolute Gasteiger partial charge is 0.444 e. The van der Waals surface area contributed by atoms with Crippen LogP contribution in [0.2, 0.25) is 0 Å². The third kappa shape index (κ3) is 7.51. The third-order valence-corrected chi connectivity index (χ3v) is 5.92. The van der Waals surface area contributed by atoms with Crippen LogP contribution in [0.4, 0.5) is 4.79 Å². The lowest BCUT2D eigenvalue weighted by molar-refractivity contribution is -0.139. The molecule has 0 spiro atoms. The van der Waals surface area contributed by atoms with Crippen LogP contribution in [-0.2, 0) is 14.3 Å². The smallest absolute Gasteiger partial charge is 0.408 e. The Labute approximate surface area is 204 Å². The molecule has 1 aromatic carbocycles. The molecule has 0 radical (unpaired) electrons. The highest BCUT2D eigenvalue weighted by atomic mass is 16.6. The Morgan fingerprint density at radius 1 is 1.12 bits per heavy atom. The normalized spacial score (nSPS) is 16.2. The van der Waals surface area contributed by atoms with E-state index in [9.17, 15) is 14.4 Å². The van der Waals surface area contributed by atoms with E-state index >= 15 is 0 Å². The van der Waals surface area contributed by atoms with E-state index in [4.69, 9.17) is 11.2 Å². The predicted molar refractivity (Wildman–Crippen MR) is 133 cm³/mol. The van der Waals surface area contributed by atoms with Crippen LogP contribution in [-0.4, -0.2) is 40.5 Å². The van der Waals surface area contributed by atoms with E-state index in [1.165, 1.54) is 0 Å². The van der Waals surface area contributed by atoms with E-state index in [0.717, 1.165) is 42.6 Å². The molecule has 2 rings (SSSR count). The molecular formula is C27H39N3O4. The molecule has 1 fully saturated rings. The minimum atomic E-state index is -1.01. The summed E-state index contributed by atoms with van der Waals surface area (Å²) in [5, 5.41) is 5.76. The number of nitrogens with one attached hydrogen (secondary N) is 2. The van der Waals surface area contributed by atoms with E-state index in [2.05, 4.69) is 16.7 Å². The molecule has 1 aromatic rings. The van der Waals surface area contributed by atoms with Gasteiger partial charge in [-0.3, -0.25) is 14.5 Å². The standard InChI is InChI=1S/C27H39N3O4/c1-8-30(25(32)22(18(2)3)29-26(33)34-27(5,6)7)23(21-17-13-12-14-19(21)4)24(31)28-20-15-10-9-11-16-20/h1,12-14,17-18,20,22-23H,9-11,15-16H2,2-7H3,(H,28,31)(H,29,33). The van der Waals surface area contributed by atoms with Gasteiger partial charge in [-0.1, -0.05) is 63.8 Å². The van der Waals surface area contributed by atoms with Crippen LogP contribution in [0, 0.1) is 25.3 Å². The number of aryl methyl sites for hydroxylation is 1. The second-order valence-electron chi connectivity index (χ2n) is 10.3. The molecule has 0 aromatic heterocycles. The van der Waals surface area contributed by atoms with Gasteiger partial charge in [-0.2, -0.15) is 0 Å². The molecule has 2 unspecified atom stereocenters. The lowest BCUT2D eigenvalue weighted by Crippen LogP contribution is -2.54. The van der Waals surface area contributed by atoms with Crippen molar-refractivity contribution in [1.29, 1.82) is 0 Å². The molecule has 0 aliphatic heterocycles. The molecule has 2 N–H and O–H groups in total. The number of nitrogens with zero attached hydrogens (tertiary/aromatic N) is 1. The van der Waals surface area contributed by atoms with Gasteiger partial charge in [0.1, 0.15) is 17.7 Å². The van der Waals surface area contributed by atoms with Crippen molar-refractivity contribution in [2.75, 3.05) is 0 Å². The fourth-order valence-electron chi connectivity index (χ4n) is 4.18. The SMILES string of the molecule is C#CN(C(=O)C(NC(=O)OC(C)(C)C)C(C)C)C(C(=O)NC1CCCCC1)c1ccccc1C. The number of rotatable bonds is 7. The highest BCUT2D eigenvalue weighted by molar-refractivity contribution is 5.93. The van der Waals surface area contributed by atoms with E-state index in [1.807, 2.05) is 31.2 Å². The highest BCUT2D eigenvalue weighted by Gasteiger charge is 2.38. The number of amides is 3. The molecule has 3 amide bonds. The summed E-state index contributed by atoms with van der Waals surface area (Å²) in [4.78, 5) is 40.8. The summed E-state index contributed by atoms with van der Waals surface area (Å²) in [6.07, 6.45) is 10.2. The molecule has 0 saturated heterocycles. The van der Waals surface area contributed by atoms with Crippen molar-refractivity contribution in [2.24, 2.45) is 5.92 Å². The second kappa shape index (κ2) is 11.9. The molecule has 34 heavy (non-hydrogen) atoms. The molecule has 1 aliphatic rings. The van der Waals surface area contributed by atoms with E-state index in [1.54, 1.807) is 34.6 Å². The molecular weight excluding hydrogens is 430 g/mol. The maximum absolute atomic E-state index is 13.7. The molecule has 2 atom stereocenters. The summed E-state index contributed by atoms with van der Waals surface area (Å²) in [5.74, 6) is -1.13. The highest BCUT2D eigenvalue weighted by Crippen LogP contribution is 2.27. The van der Waals surface area contributed by atoms with E-state index in [-0.39, 0.29) is 17.9 Å². The van der Waals surface area contributed by atoms with Gasteiger partial charge in [-0.15, -0.1) is 0 Å². The van der Waals surface area contributed by atoms with Crippen molar-refractivity contribution in [3.63, 3.8) is 0 Å². The topological polar surface area (TPSA) is 87.7 Å². The van der Waals surface area contributed by atoms with Crippen LogP contribution < -0.4 is 10.6 Å². The van der Waals surface area contributed by atoms with Crippen molar-refractivity contribution >= 4 is 17.9 Å². The molecule has 7 heteroatoms. The minimum Gasteiger partial charge on any atom is -0.444 e. The number of alkyl carbamates (subject to hydrolysis) is 1. The number of carbonyl (C=O) groups is 3. The molecule has 1 saturated carbocycles. The van der Waals surface area contributed by atoms with Gasteiger partial charge in [-0.25, -0.2) is 4.79 Å². The van der Waals surface area contributed by atoms with E-state index in [0.29, 0.717) is 5.56 Å². The molecule has 7 nitrogen and oxygen atoms in total. The Kier molecular flexibility index (Phi) is 9.55. The average molecular weight is 470 g/mol. The summed E-state index contributed by atoms with van der Waals surface area (Å²) < 4.78 is 5.34. The minimum absolute atomic E-state index is 0.0586. The number of carbonyl (C=O) groups excluding carboxylic acids is 3. The summed E-state index contributed by atoms with van der Waals surface area (Å²) in [6, 6.07) is 7.91. The van der Waals surface area contributed by atoms with Gasteiger partial charge < -0.3 is 15.4 Å². The molecule has 0 heterocycles. The Balaban J connectivity index is 2.38. The molecule has 1 aliphatic carbocycles. The van der Waals surface area contributed by atoms with Crippen LogP contribution in [0.1, 0.15) is 83.9 Å². The summed E-state index contributed by atoms with van der Waals surface area (Å²) in [6.45, 7) is 10.7. The zero-order valence-corrected chi connectivity index (χ0v) is 21.3. The number of hydrogen-bond acceptors (Lipinski definition) is 4. The van der Waals surface area contributed by atoms with Gasteiger partial charge in [0, 0.05) is 12.1 Å².